The molecular weight excluding hydrogens is 242 g/mol. The topological polar surface area (TPSA) is 90.2 Å². The molecule has 0 aromatic carbocycles. The first-order valence-corrected chi connectivity index (χ1v) is 6.78. The number of rotatable bonds is 3. The van der Waals surface area contributed by atoms with Crippen LogP contribution in [0, 0.1) is 5.92 Å². The predicted octanol–water partition coefficient (Wildman–Crippen LogP) is 0.827. The highest BCUT2D eigenvalue weighted by Gasteiger charge is 2.27. The third-order valence-corrected chi connectivity index (χ3v) is 3.82. The molecule has 0 saturated carbocycles. The number of hydrogen-bond acceptors (Lipinski definition) is 4. The second-order valence-electron chi connectivity index (χ2n) is 5.56. The normalized spacial score (nSPS) is 17.2. The van der Waals surface area contributed by atoms with E-state index in [0.29, 0.717) is 5.92 Å². The molecule has 0 spiro atoms. The summed E-state index contributed by atoms with van der Waals surface area (Å²) >= 11 is 0. The van der Waals surface area contributed by atoms with Gasteiger partial charge in [-0.15, -0.1) is 0 Å². The number of aromatic nitrogens is 2. The Labute approximate surface area is 113 Å². The summed E-state index contributed by atoms with van der Waals surface area (Å²) in [6.45, 7) is 5.77. The molecule has 1 aromatic heterocycles. The number of nitrogen functional groups attached to an aromatic ring is 1. The summed E-state index contributed by atoms with van der Waals surface area (Å²) < 4.78 is 1.84. The van der Waals surface area contributed by atoms with Crippen molar-refractivity contribution < 1.29 is 4.79 Å². The Hall–Kier alpha value is -1.72. The van der Waals surface area contributed by atoms with Gasteiger partial charge in [-0.25, -0.2) is 0 Å². The van der Waals surface area contributed by atoms with Crippen LogP contribution in [0.4, 0.5) is 11.5 Å². The Kier molecular flexibility index (Phi) is 3.68. The third kappa shape index (κ3) is 2.52. The van der Waals surface area contributed by atoms with Gasteiger partial charge in [-0.05, 0) is 18.8 Å². The van der Waals surface area contributed by atoms with Crippen LogP contribution in [-0.2, 0) is 11.8 Å². The van der Waals surface area contributed by atoms with Gasteiger partial charge in [-0.1, -0.05) is 13.8 Å². The Balaban J connectivity index is 2.18. The molecule has 1 aliphatic rings. The van der Waals surface area contributed by atoms with Crippen molar-refractivity contribution in [1.29, 1.82) is 0 Å². The third-order valence-electron chi connectivity index (χ3n) is 3.82. The molecular formula is C13H23N5O. The molecule has 19 heavy (non-hydrogen) atoms. The van der Waals surface area contributed by atoms with Crippen LogP contribution >= 0.6 is 0 Å². The lowest BCUT2D eigenvalue weighted by atomic mass is 9.96. The predicted molar refractivity (Wildman–Crippen MR) is 75.8 cm³/mol. The quantitative estimate of drug-likeness (QED) is 0.847. The van der Waals surface area contributed by atoms with E-state index in [2.05, 4.69) is 23.8 Å². The van der Waals surface area contributed by atoms with Crippen molar-refractivity contribution in [3.8, 4) is 0 Å². The standard InChI is InChI=1S/C13H23N5O/c1-8(2)11-10(14)13(17(3)16-11)18-6-4-9(5-7-18)12(15)19/h8-9H,4-7,14H2,1-3H3,(H2,15,19). The highest BCUT2D eigenvalue weighted by Crippen LogP contribution is 2.32. The molecule has 1 aromatic rings. The second-order valence-corrected chi connectivity index (χ2v) is 5.56. The minimum Gasteiger partial charge on any atom is -0.394 e. The summed E-state index contributed by atoms with van der Waals surface area (Å²) in [5, 5.41) is 4.50. The van der Waals surface area contributed by atoms with Crippen LogP contribution in [0.2, 0.25) is 0 Å². The number of nitrogens with two attached hydrogens (primary N) is 2. The summed E-state index contributed by atoms with van der Waals surface area (Å²) in [4.78, 5) is 13.4. The Morgan fingerprint density at radius 1 is 1.37 bits per heavy atom. The van der Waals surface area contributed by atoms with E-state index in [1.54, 1.807) is 0 Å². The Morgan fingerprint density at radius 3 is 2.37 bits per heavy atom. The van der Waals surface area contributed by atoms with Gasteiger partial charge in [0.05, 0.1) is 11.4 Å². The van der Waals surface area contributed by atoms with Crippen molar-refractivity contribution in [2.75, 3.05) is 23.7 Å². The van der Waals surface area contributed by atoms with Crippen LogP contribution in [0.15, 0.2) is 0 Å². The molecule has 4 N–H and O–H groups in total. The number of aryl methyl sites for hydroxylation is 1. The lowest BCUT2D eigenvalue weighted by Gasteiger charge is -2.32. The molecule has 1 saturated heterocycles. The largest absolute Gasteiger partial charge is 0.394 e. The first-order valence-electron chi connectivity index (χ1n) is 6.78. The van der Waals surface area contributed by atoms with E-state index in [0.717, 1.165) is 43.1 Å². The smallest absolute Gasteiger partial charge is 0.220 e. The lowest BCUT2D eigenvalue weighted by Crippen LogP contribution is -2.39. The van der Waals surface area contributed by atoms with Gasteiger partial charge >= 0.3 is 0 Å². The van der Waals surface area contributed by atoms with Crippen molar-refractivity contribution in [2.45, 2.75) is 32.6 Å². The van der Waals surface area contributed by atoms with Gasteiger partial charge in [0.15, 0.2) is 0 Å². The fourth-order valence-corrected chi connectivity index (χ4v) is 2.73. The zero-order valence-electron chi connectivity index (χ0n) is 11.9. The van der Waals surface area contributed by atoms with E-state index in [1.165, 1.54) is 0 Å². The van der Waals surface area contributed by atoms with E-state index in [1.807, 2.05) is 11.7 Å². The maximum Gasteiger partial charge on any atom is 0.220 e. The molecule has 0 bridgehead atoms. The van der Waals surface area contributed by atoms with E-state index in [9.17, 15) is 4.79 Å². The minimum absolute atomic E-state index is 0.00438. The number of anilines is 2. The molecule has 6 heteroatoms. The van der Waals surface area contributed by atoms with Crippen LogP contribution in [0.5, 0.6) is 0 Å². The maximum atomic E-state index is 11.2. The van der Waals surface area contributed by atoms with Gasteiger partial charge in [-0.2, -0.15) is 5.10 Å². The molecule has 0 radical (unpaired) electrons. The van der Waals surface area contributed by atoms with E-state index in [-0.39, 0.29) is 11.8 Å². The van der Waals surface area contributed by atoms with Gasteiger partial charge in [0.2, 0.25) is 5.91 Å². The summed E-state index contributed by atoms with van der Waals surface area (Å²) in [5.74, 6) is 1.07. The molecule has 0 atom stereocenters. The van der Waals surface area contributed by atoms with Gasteiger partial charge in [0.25, 0.3) is 0 Å². The lowest BCUT2D eigenvalue weighted by molar-refractivity contribution is -0.122. The van der Waals surface area contributed by atoms with Crippen LogP contribution in [0.3, 0.4) is 0 Å². The molecule has 1 fully saturated rings. The first kappa shape index (κ1) is 13.7. The molecule has 1 aliphatic heterocycles. The Bertz CT molecular complexity index is 472. The highest BCUT2D eigenvalue weighted by molar-refractivity contribution is 5.77. The van der Waals surface area contributed by atoms with E-state index in [4.69, 9.17) is 11.5 Å². The van der Waals surface area contributed by atoms with Crippen LogP contribution in [0.1, 0.15) is 38.3 Å². The highest BCUT2D eigenvalue weighted by atomic mass is 16.1. The average Bonchev–Trinajstić information content (AvgIpc) is 2.65. The van der Waals surface area contributed by atoms with Gasteiger partial charge in [0.1, 0.15) is 5.82 Å². The van der Waals surface area contributed by atoms with Crippen molar-refractivity contribution in [1.82, 2.24) is 9.78 Å². The molecule has 0 aliphatic carbocycles. The van der Waals surface area contributed by atoms with Crippen molar-refractivity contribution in [3.63, 3.8) is 0 Å². The van der Waals surface area contributed by atoms with Gasteiger partial charge in [-0.3, -0.25) is 9.48 Å². The molecule has 2 heterocycles. The molecule has 0 unspecified atom stereocenters. The fourth-order valence-electron chi connectivity index (χ4n) is 2.73. The first-order chi connectivity index (χ1) is 8.91. The molecule has 6 nitrogen and oxygen atoms in total. The summed E-state index contributed by atoms with van der Waals surface area (Å²) in [6, 6.07) is 0. The summed E-state index contributed by atoms with van der Waals surface area (Å²) in [5.41, 5.74) is 13.3. The molecule has 1 amide bonds. The Morgan fingerprint density at radius 2 is 1.95 bits per heavy atom. The van der Waals surface area contributed by atoms with Crippen LogP contribution in [-0.4, -0.2) is 28.8 Å². The monoisotopic (exact) mass is 265 g/mol. The number of primary amides is 1. The molecule has 2 rings (SSSR count). The SMILES string of the molecule is CC(C)c1nn(C)c(N2CCC(C(N)=O)CC2)c1N. The van der Waals surface area contributed by atoms with E-state index < -0.39 is 0 Å². The number of nitrogens with zero attached hydrogens (tertiary/aromatic N) is 3. The second kappa shape index (κ2) is 5.11. The number of piperidine rings is 1. The molecule has 106 valence electrons. The fraction of sp³-hybridized carbons (Fsp3) is 0.692. The van der Waals surface area contributed by atoms with Gasteiger partial charge in [0, 0.05) is 26.1 Å². The van der Waals surface area contributed by atoms with Crippen molar-refractivity contribution in [3.05, 3.63) is 5.69 Å². The zero-order valence-corrected chi connectivity index (χ0v) is 11.9. The number of amides is 1. The number of hydrogen-bond donors (Lipinski definition) is 2. The summed E-state index contributed by atoms with van der Waals surface area (Å²) in [7, 11) is 1.91. The van der Waals surface area contributed by atoms with E-state index >= 15 is 0 Å². The maximum absolute atomic E-state index is 11.2. The van der Waals surface area contributed by atoms with Crippen LogP contribution in [0.25, 0.3) is 0 Å². The van der Waals surface area contributed by atoms with Gasteiger partial charge < -0.3 is 16.4 Å². The van der Waals surface area contributed by atoms with Crippen LogP contribution < -0.4 is 16.4 Å². The minimum atomic E-state index is -0.194. The van der Waals surface area contributed by atoms with Crippen molar-refractivity contribution in [2.24, 2.45) is 18.7 Å². The number of carbonyl (C=O) groups excluding carboxylic acids is 1. The zero-order chi connectivity index (χ0) is 14.2. The van der Waals surface area contributed by atoms with Crippen molar-refractivity contribution >= 4 is 17.4 Å². The average molecular weight is 265 g/mol. The number of carbonyl (C=O) groups is 1. The summed E-state index contributed by atoms with van der Waals surface area (Å²) in [6.07, 6.45) is 1.58.